The van der Waals surface area contributed by atoms with E-state index < -0.39 is 0 Å². The molecule has 0 amide bonds. The summed E-state index contributed by atoms with van der Waals surface area (Å²) in [6, 6.07) is 2.10. The summed E-state index contributed by atoms with van der Waals surface area (Å²) in [5, 5.41) is 3.42. The van der Waals surface area contributed by atoms with Crippen LogP contribution in [0.4, 0.5) is 0 Å². The predicted molar refractivity (Wildman–Crippen MR) is 83.8 cm³/mol. The molecule has 1 aliphatic rings. The van der Waals surface area contributed by atoms with Gasteiger partial charge in [-0.1, -0.05) is 19.8 Å². The molecule has 0 saturated heterocycles. The molecule has 1 saturated carbocycles. The first-order valence-electron chi connectivity index (χ1n) is 7.91. The van der Waals surface area contributed by atoms with E-state index in [4.69, 9.17) is 4.42 Å². The van der Waals surface area contributed by atoms with Crippen molar-refractivity contribution in [2.24, 2.45) is 11.3 Å². The molecule has 0 unspecified atom stereocenters. The Bertz CT molecular complexity index is 405. The maximum absolute atomic E-state index is 5.40. The minimum atomic E-state index is 0.452. The van der Waals surface area contributed by atoms with Crippen LogP contribution in [-0.2, 0) is 6.54 Å². The molecule has 114 valence electrons. The number of nitrogens with one attached hydrogen (secondary N) is 1. The van der Waals surface area contributed by atoms with Crippen molar-refractivity contribution < 1.29 is 4.42 Å². The van der Waals surface area contributed by atoms with Crippen LogP contribution in [0.3, 0.4) is 0 Å². The van der Waals surface area contributed by atoms with Gasteiger partial charge in [0, 0.05) is 25.2 Å². The van der Waals surface area contributed by atoms with Crippen molar-refractivity contribution in [2.45, 2.75) is 46.1 Å². The minimum Gasteiger partial charge on any atom is -0.469 e. The molecule has 0 aliphatic heterocycles. The molecule has 1 aliphatic carbocycles. The summed E-state index contributed by atoms with van der Waals surface area (Å²) in [6.45, 7) is 7.74. The lowest BCUT2D eigenvalue weighted by Crippen LogP contribution is -2.44. The Hall–Kier alpha value is -0.800. The van der Waals surface area contributed by atoms with E-state index in [-0.39, 0.29) is 0 Å². The highest BCUT2D eigenvalue weighted by Gasteiger charge is 2.34. The molecule has 1 fully saturated rings. The topological polar surface area (TPSA) is 28.4 Å². The van der Waals surface area contributed by atoms with Crippen molar-refractivity contribution >= 4 is 0 Å². The quantitative estimate of drug-likeness (QED) is 0.864. The first kappa shape index (κ1) is 15.6. The van der Waals surface area contributed by atoms with Crippen molar-refractivity contribution in [3.05, 3.63) is 23.7 Å². The maximum atomic E-state index is 5.40. The zero-order chi connectivity index (χ0) is 14.6. The monoisotopic (exact) mass is 278 g/mol. The SMILES string of the molecule is CNCC1(CN(C)Cc2ccoc2C)CCC(C)CC1. The van der Waals surface area contributed by atoms with Gasteiger partial charge in [0.2, 0.25) is 0 Å². The second-order valence-corrected chi connectivity index (χ2v) is 6.89. The van der Waals surface area contributed by atoms with Crippen LogP contribution >= 0.6 is 0 Å². The minimum absolute atomic E-state index is 0.452. The summed E-state index contributed by atoms with van der Waals surface area (Å²) in [5.41, 5.74) is 1.77. The Kier molecular flexibility index (Phi) is 5.28. The molecule has 0 radical (unpaired) electrons. The maximum Gasteiger partial charge on any atom is 0.105 e. The average molecular weight is 278 g/mol. The Labute approximate surface area is 123 Å². The van der Waals surface area contributed by atoms with E-state index >= 15 is 0 Å². The zero-order valence-corrected chi connectivity index (χ0v) is 13.5. The fourth-order valence-electron chi connectivity index (χ4n) is 3.63. The highest BCUT2D eigenvalue weighted by atomic mass is 16.3. The van der Waals surface area contributed by atoms with Gasteiger partial charge >= 0.3 is 0 Å². The second-order valence-electron chi connectivity index (χ2n) is 6.89. The summed E-state index contributed by atoms with van der Waals surface area (Å²) in [5.74, 6) is 1.96. The highest BCUT2D eigenvalue weighted by Crippen LogP contribution is 2.39. The van der Waals surface area contributed by atoms with Crippen molar-refractivity contribution in [1.29, 1.82) is 0 Å². The van der Waals surface area contributed by atoms with Crippen LogP contribution in [0.1, 0.15) is 43.9 Å². The van der Waals surface area contributed by atoms with Crippen LogP contribution in [0.5, 0.6) is 0 Å². The van der Waals surface area contributed by atoms with E-state index in [9.17, 15) is 0 Å². The zero-order valence-electron chi connectivity index (χ0n) is 13.5. The van der Waals surface area contributed by atoms with E-state index in [0.29, 0.717) is 5.41 Å². The lowest BCUT2D eigenvalue weighted by atomic mass is 9.70. The van der Waals surface area contributed by atoms with Gasteiger partial charge in [-0.3, -0.25) is 0 Å². The molecule has 1 heterocycles. The summed E-state index contributed by atoms with van der Waals surface area (Å²) >= 11 is 0. The molecule has 2 rings (SSSR count). The van der Waals surface area contributed by atoms with Crippen molar-refractivity contribution in [2.75, 3.05) is 27.2 Å². The number of hydrogen-bond donors (Lipinski definition) is 1. The molecule has 0 atom stereocenters. The third-order valence-corrected chi connectivity index (χ3v) is 4.90. The molecule has 0 spiro atoms. The molecule has 3 nitrogen and oxygen atoms in total. The molecule has 3 heteroatoms. The van der Waals surface area contributed by atoms with Gasteiger partial charge < -0.3 is 14.6 Å². The van der Waals surface area contributed by atoms with Gasteiger partial charge in [-0.25, -0.2) is 0 Å². The van der Waals surface area contributed by atoms with E-state index in [0.717, 1.165) is 24.8 Å². The molecular weight excluding hydrogens is 248 g/mol. The van der Waals surface area contributed by atoms with Crippen molar-refractivity contribution in [3.8, 4) is 0 Å². The molecule has 1 N–H and O–H groups in total. The molecule has 1 aromatic rings. The number of nitrogens with zero attached hydrogens (tertiary/aromatic N) is 1. The summed E-state index contributed by atoms with van der Waals surface area (Å²) in [4.78, 5) is 2.46. The number of furan rings is 1. The third kappa shape index (κ3) is 3.86. The van der Waals surface area contributed by atoms with E-state index in [1.165, 1.54) is 37.8 Å². The van der Waals surface area contributed by atoms with E-state index in [1.54, 1.807) is 6.26 Å². The average Bonchev–Trinajstić information content (AvgIpc) is 2.79. The van der Waals surface area contributed by atoms with Crippen LogP contribution in [-0.4, -0.2) is 32.1 Å². The van der Waals surface area contributed by atoms with Gasteiger partial charge in [0.05, 0.1) is 6.26 Å². The Balaban J connectivity index is 1.95. The second kappa shape index (κ2) is 6.77. The Morgan fingerprint density at radius 3 is 2.65 bits per heavy atom. The van der Waals surface area contributed by atoms with Gasteiger partial charge in [-0.05, 0) is 51.3 Å². The summed E-state index contributed by atoms with van der Waals surface area (Å²) in [7, 11) is 4.32. The first-order valence-corrected chi connectivity index (χ1v) is 7.91. The van der Waals surface area contributed by atoms with Gasteiger partial charge in [0.15, 0.2) is 0 Å². The van der Waals surface area contributed by atoms with Gasteiger partial charge in [-0.2, -0.15) is 0 Å². The van der Waals surface area contributed by atoms with E-state index in [2.05, 4.69) is 44.2 Å². The number of aryl methyl sites for hydroxylation is 1. The fraction of sp³-hybridized carbons (Fsp3) is 0.765. The number of hydrogen-bond acceptors (Lipinski definition) is 3. The molecule has 20 heavy (non-hydrogen) atoms. The lowest BCUT2D eigenvalue weighted by molar-refractivity contribution is 0.0977. The van der Waals surface area contributed by atoms with E-state index in [1.807, 2.05) is 0 Å². The number of rotatable bonds is 6. The van der Waals surface area contributed by atoms with Crippen molar-refractivity contribution in [1.82, 2.24) is 10.2 Å². The van der Waals surface area contributed by atoms with Crippen LogP contribution in [0.2, 0.25) is 0 Å². The largest absolute Gasteiger partial charge is 0.469 e. The van der Waals surface area contributed by atoms with Crippen molar-refractivity contribution in [3.63, 3.8) is 0 Å². The van der Waals surface area contributed by atoms with Gasteiger partial charge in [-0.15, -0.1) is 0 Å². The van der Waals surface area contributed by atoms with Crippen LogP contribution in [0.15, 0.2) is 16.7 Å². The van der Waals surface area contributed by atoms with Crippen LogP contribution in [0, 0.1) is 18.3 Å². The first-order chi connectivity index (χ1) is 9.54. The fourth-order valence-corrected chi connectivity index (χ4v) is 3.63. The molecule has 0 bridgehead atoms. The molecule has 1 aromatic heterocycles. The van der Waals surface area contributed by atoms with Crippen LogP contribution < -0.4 is 5.32 Å². The molecular formula is C17H30N2O. The predicted octanol–water partition coefficient (Wildman–Crippen LogP) is 3.44. The smallest absolute Gasteiger partial charge is 0.105 e. The normalized spacial score (nSPS) is 27.1. The van der Waals surface area contributed by atoms with Gasteiger partial charge in [0.25, 0.3) is 0 Å². The molecule has 0 aromatic carbocycles. The standard InChI is InChI=1S/C17H30N2O/c1-14-5-8-17(9-6-14,12-18-3)13-19(4)11-16-7-10-20-15(16)2/h7,10,14,18H,5-6,8-9,11-13H2,1-4H3. The van der Waals surface area contributed by atoms with Crippen LogP contribution in [0.25, 0.3) is 0 Å². The summed E-state index contributed by atoms with van der Waals surface area (Å²) in [6.07, 6.45) is 7.25. The van der Waals surface area contributed by atoms with Gasteiger partial charge in [0.1, 0.15) is 5.76 Å². The highest BCUT2D eigenvalue weighted by molar-refractivity contribution is 5.15. The Morgan fingerprint density at radius 2 is 2.10 bits per heavy atom. The Morgan fingerprint density at radius 1 is 1.40 bits per heavy atom. The third-order valence-electron chi connectivity index (χ3n) is 4.90. The lowest BCUT2D eigenvalue weighted by Gasteiger charge is -2.42. The summed E-state index contributed by atoms with van der Waals surface area (Å²) < 4.78 is 5.40.